The number of nitrogens with zero attached hydrogens (tertiary/aromatic N) is 3. The van der Waals surface area contributed by atoms with Crippen LogP contribution in [0.5, 0.6) is 0 Å². The number of hydrogen-bond donors (Lipinski definition) is 1. The first kappa shape index (κ1) is 12.8. The van der Waals surface area contributed by atoms with Gasteiger partial charge in [0.25, 0.3) is 5.91 Å². The smallest absolute Gasteiger partial charge is 0.272 e. The highest BCUT2D eigenvalue weighted by atomic mass is 16.2. The molecule has 0 aromatic carbocycles. The molecule has 5 heteroatoms. The van der Waals surface area contributed by atoms with Crippen molar-refractivity contribution in [3.63, 3.8) is 0 Å². The second-order valence-electron chi connectivity index (χ2n) is 4.61. The Morgan fingerprint density at radius 3 is 2.61 bits per heavy atom. The van der Waals surface area contributed by atoms with Crippen LogP contribution in [-0.4, -0.2) is 53.4 Å². The van der Waals surface area contributed by atoms with E-state index in [2.05, 4.69) is 16.8 Å². The molecule has 0 unspecified atom stereocenters. The number of nitrogens with two attached hydrogens (primary N) is 1. The Bertz CT molecular complexity index is 396. The molecule has 1 saturated heterocycles. The van der Waals surface area contributed by atoms with Gasteiger partial charge in [-0.2, -0.15) is 0 Å². The van der Waals surface area contributed by atoms with E-state index in [-0.39, 0.29) is 5.91 Å². The van der Waals surface area contributed by atoms with Crippen LogP contribution in [-0.2, 0) is 0 Å². The normalized spacial score (nSPS) is 16.8. The maximum atomic E-state index is 12.2. The third-order valence-corrected chi connectivity index (χ3v) is 3.20. The van der Waals surface area contributed by atoms with Gasteiger partial charge in [-0.15, -0.1) is 0 Å². The second kappa shape index (κ2) is 5.82. The van der Waals surface area contributed by atoms with E-state index in [1.807, 2.05) is 4.90 Å². The Morgan fingerprint density at radius 1 is 1.33 bits per heavy atom. The number of anilines is 1. The van der Waals surface area contributed by atoms with Crippen molar-refractivity contribution in [2.24, 2.45) is 0 Å². The molecule has 0 atom stereocenters. The number of carbonyl (C=O) groups is 1. The van der Waals surface area contributed by atoms with Crippen molar-refractivity contribution >= 4 is 11.6 Å². The molecule has 2 rings (SSSR count). The Labute approximate surface area is 108 Å². The van der Waals surface area contributed by atoms with Gasteiger partial charge in [0, 0.05) is 26.2 Å². The number of hydrogen-bond acceptors (Lipinski definition) is 4. The van der Waals surface area contributed by atoms with Gasteiger partial charge in [-0.3, -0.25) is 9.69 Å². The van der Waals surface area contributed by atoms with Crippen molar-refractivity contribution < 1.29 is 4.79 Å². The number of piperazine rings is 1. The van der Waals surface area contributed by atoms with Crippen LogP contribution in [0.4, 0.5) is 5.69 Å². The molecule has 0 spiro atoms. The molecule has 1 fully saturated rings. The summed E-state index contributed by atoms with van der Waals surface area (Å²) in [6.07, 6.45) is 2.69. The van der Waals surface area contributed by atoms with Crippen LogP contribution >= 0.6 is 0 Å². The zero-order valence-corrected chi connectivity index (χ0v) is 10.8. The molecule has 1 aromatic heterocycles. The zero-order valence-electron chi connectivity index (χ0n) is 10.8. The highest BCUT2D eigenvalue weighted by molar-refractivity contribution is 5.92. The lowest BCUT2D eigenvalue weighted by atomic mass is 10.2. The molecule has 2 N–H and O–H groups in total. The minimum Gasteiger partial charge on any atom is -0.397 e. The highest BCUT2D eigenvalue weighted by Gasteiger charge is 2.22. The zero-order chi connectivity index (χ0) is 13.0. The summed E-state index contributed by atoms with van der Waals surface area (Å²) in [5, 5.41) is 0. The average molecular weight is 248 g/mol. The van der Waals surface area contributed by atoms with Crippen LogP contribution in [0, 0.1) is 0 Å². The number of pyridine rings is 1. The standard InChI is InChI=1S/C13H20N4O/c1-2-5-16-6-8-17(9-7-16)13(18)12-4-3-11(14)10-15-12/h3-4,10H,2,5-9,14H2,1H3. The van der Waals surface area contributed by atoms with E-state index in [1.54, 1.807) is 12.1 Å². The summed E-state index contributed by atoms with van der Waals surface area (Å²) >= 11 is 0. The molecule has 0 aliphatic carbocycles. The van der Waals surface area contributed by atoms with E-state index in [1.165, 1.54) is 6.20 Å². The Kier molecular flexibility index (Phi) is 4.15. The Morgan fingerprint density at radius 2 is 2.06 bits per heavy atom. The Hall–Kier alpha value is -1.62. The molecule has 0 radical (unpaired) electrons. The van der Waals surface area contributed by atoms with Crippen molar-refractivity contribution in [3.05, 3.63) is 24.0 Å². The van der Waals surface area contributed by atoms with E-state index in [0.29, 0.717) is 11.4 Å². The fourth-order valence-corrected chi connectivity index (χ4v) is 2.18. The largest absolute Gasteiger partial charge is 0.397 e. The molecular formula is C13H20N4O. The number of aromatic nitrogens is 1. The fourth-order valence-electron chi connectivity index (χ4n) is 2.18. The SMILES string of the molecule is CCCN1CCN(C(=O)c2ccc(N)cn2)CC1. The highest BCUT2D eigenvalue weighted by Crippen LogP contribution is 2.08. The Balaban J connectivity index is 1.93. The number of amides is 1. The maximum absolute atomic E-state index is 12.2. The van der Waals surface area contributed by atoms with Crippen LogP contribution in [0.1, 0.15) is 23.8 Å². The molecule has 2 heterocycles. The molecule has 18 heavy (non-hydrogen) atoms. The van der Waals surface area contributed by atoms with Gasteiger partial charge in [-0.1, -0.05) is 6.92 Å². The van der Waals surface area contributed by atoms with Gasteiger partial charge >= 0.3 is 0 Å². The van der Waals surface area contributed by atoms with Gasteiger partial charge in [0.05, 0.1) is 11.9 Å². The van der Waals surface area contributed by atoms with Crippen molar-refractivity contribution in [2.75, 3.05) is 38.5 Å². The van der Waals surface area contributed by atoms with Gasteiger partial charge in [0.15, 0.2) is 0 Å². The minimum absolute atomic E-state index is 0.00569. The quantitative estimate of drug-likeness (QED) is 0.860. The monoisotopic (exact) mass is 248 g/mol. The van der Waals surface area contributed by atoms with Crippen LogP contribution in [0.15, 0.2) is 18.3 Å². The predicted octanol–water partition coefficient (Wildman–Crippen LogP) is 0.832. The first-order valence-corrected chi connectivity index (χ1v) is 6.44. The maximum Gasteiger partial charge on any atom is 0.272 e. The summed E-state index contributed by atoms with van der Waals surface area (Å²) in [6, 6.07) is 3.41. The molecule has 5 nitrogen and oxygen atoms in total. The van der Waals surface area contributed by atoms with E-state index in [4.69, 9.17) is 5.73 Å². The van der Waals surface area contributed by atoms with Gasteiger partial charge in [0.1, 0.15) is 5.69 Å². The van der Waals surface area contributed by atoms with Crippen molar-refractivity contribution in [1.29, 1.82) is 0 Å². The second-order valence-corrected chi connectivity index (χ2v) is 4.61. The molecule has 98 valence electrons. The third kappa shape index (κ3) is 2.98. The molecule has 0 saturated carbocycles. The number of rotatable bonds is 3. The van der Waals surface area contributed by atoms with Crippen LogP contribution in [0.25, 0.3) is 0 Å². The summed E-state index contributed by atoms with van der Waals surface area (Å²) in [5.41, 5.74) is 6.63. The van der Waals surface area contributed by atoms with Crippen molar-refractivity contribution in [2.45, 2.75) is 13.3 Å². The van der Waals surface area contributed by atoms with E-state index >= 15 is 0 Å². The summed E-state index contributed by atoms with van der Waals surface area (Å²) in [7, 11) is 0. The van der Waals surface area contributed by atoms with E-state index in [0.717, 1.165) is 39.1 Å². The molecular weight excluding hydrogens is 228 g/mol. The first-order valence-electron chi connectivity index (χ1n) is 6.44. The molecule has 1 amide bonds. The molecule has 1 aromatic rings. The van der Waals surface area contributed by atoms with Gasteiger partial charge in [-0.05, 0) is 25.1 Å². The number of carbonyl (C=O) groups excluding carboxylic acids is 1. The lowest BCUT2D eigenvalue weighted by Gasteiger charge is -2.34. The lowest BCUT2D eigenvalue weighted by molar-refractivity contribution is 0.0632. The fraction of sp³-hybridized carbons (Fsp3) is 0.538. The van der Waals surface area contributed by atoms with E-state index < -0.39 is 0 Å². The van der Waals surface area contributed by atoms with E-state index in [9.17, 15) is 4.79 Å². The summed E-state index contributed by atoms with van der Waals surface area (Å²) in [6.45, 7) is 6.76. The summed E-state index contributed by atoms with van der Waals surface area (Å²) in [4.78, 5) is 20.5. The van der Waals surface area contributed by atoms with Gasteiger partial charge < -0.3 is 10.6 Å². The third-order valence-electron chi connectivity index (χ3n) is 3.20. The average Bonchev–Trinajstić information content (AvgIpc) is 2.40. The first-order chi connectivity index (χ1) is 8.70. The lowest BCUT2D eigenvalue weighted by Crippen LogP contribution is -2.48. The molecule has 1 aliphatic heterocycles. The number of nitrogen functional groups attached to an aromatic ring is 1. The van der Waals surface area contributed by atoms with Gasteiger partial charge in [-0.25, -0.2) is 4.98 Å². The van der Waals surface area contributed by atoms with Gasteiger partial charge in [0.2, 0.25) is 0 Å². The molecule has 1 aliphatic rings. The van der Waals surface area contributed by atoms with Crippen LogP contribution in [0.3, 0.4) is 0 Å². The van der Waals surface area contributed by atoms with Crippen LogP contribution in [0.2, 0.25) is 0 Å². The van der Waals surface area contributed by atoms with Crippen molar-refractivity contribution in [3.8, 4) is 0 Å². The molecule has 0 bridgehead atoms. The van der Waals surface area contributed by atoms with Crippen molar-refractivity contribution in [1.82, 2.24) is 14.8 Å². The summed E-state index contributed by atoms with van der Waals surface area (Å²) < 4.78 is 0. The summed E-state index contributed by atoms with van der Waals surface area (Å²) in [5.74, 6) is 0.00569. The van der Waals surface area contributed by atoms with Crippen LogP contribution < -0.4 is 5.73 Å². The predicted molar refractivity (Wildman–Crippen MR) is 71.3 cm³/mol. The topological polar surface area (TPSA) is 62.5 Å². The minimum atomic E-state index is 0.00569.